The number of hydrogen-bond donors (Lipinski definition) is 1. The van der Waals surface area contributed by atoms with Gasteiger partial charge in [-0.1, -0.05) is 0 Å². The second-order valence-corrected chi connectivity index (χ2v) is 8.15. The van der Waals surface area contributed by atoms with Crippen molar-refractivity contribution < 1.29 is 4.74 Å². The highest BCUT2D eigenvalue weighted by molar-refractivity contribution is 5.79. The number of piperazine rings is 1. The Balaban J connectivity index is 1.58. The van der Waals surface area contributed by atoms with Gasteiger partial charge >= 0.3 is 0 Å². The minimum atomic E-state index is 0.471. The molecule has 32 heavy (non-hydrogen) atoms. The van der Waals surface area contributed by atoms with Crippen LogP contribution in [0.3, 0.4) is 0 Å². The van der Waals surface area contributed by atoms with E-state index in [1.165, 1.54) is 0 Å². The van der Waals surface area contributed by atoms with Gasteiger partial charge in [0.15, 0.2) is 5.65 Å². The predicted molar refractivity (Wildman–Crippen MR) is 128 cm³/mol. The second kappa shape index (κ2) is 8.12. The molecule has 1 saturated heterocycles. The first kappa shape index (κ1) is 20.3. The first-order valence-electron chi connectivity index (χ1n) is 10.7. The molecule has 8 heteroatoms. The number of anilines is 2. The molecule has 0 unspecified atom stereocenters. The summed E-state index contributed by atoms with van der Waals surface area (Å²) in [6.45, 7) is 6.05. The number of rotatable bonds is 4. The third kappa shape index (κ3) is 3.62. The Hall–Kier alpha value is -3.65. The zero-order valence-electron chi connectivity index (χ0n) is 18.6. The Bertz CT molecular complexity index is 1270. The maximum Gasteiger partial charge on any atom is 0.165 e. The van der Waals surface area contributed by atoms with Crippen molar-refractivity contribution in [1.82, 2.24) is 24.4 Å². The van der Waals surface area contributed by atoms with E-state index in [1.807, 2.05) is 31.2 Å². The van der Waals surface area contributed by atoms with Gasteiger partial charge in [-0.3, -0.25) is 4.57 Å². The van der Waals surface area contributed by atoms with E-state index >= 15 is 0 Å². The maximum atomic E-state index is 5.87. The van der Waals surface area contributed by atoms with Crippen molar-refractivity contribution in [1.29, 1.82) is 0 Å². The molecule has 164 valence electrons. The Morgan fingerprint density at radius 3 is 2.53 bits per heavy atom. The third-order valence-corrected chi connectivity index (χ3v) is 6.01. The van der Waals surface area contributed by atoms with Gasteiger partial charge in [0.05, 0.1) is 24.2 Å². The standard InChI is InChI=1S/C24H27N7O/c1-16-27-20-6-5-19(17-8-9-26-23(25)14-17)28-24(20)31(16)18-4-7-21(22(15-18)32-3)30-12-10-29(2)11-13-30/h4-9,14-15H,10-13H2,1-3H3,(H2,25,26). The third-order valence-electron chi connectivity index (χ3n) is 6.01. The lowest BCUT2D eigenvalue weighted by Gasteiger charge is -2.34. The number of pyridine rings is 2. The summed E-state index contributed by atoms with van der Waals surface area (Å²) in [4.78, 5) is 18.4. The van der Waals surface area contributed by atoms with Crippen LogP contribution < -0.4 is 15.4 Å². The van der Waals surface area contributed by atoms with Crippen molar-refractivity contribution in [2.24, 2.45) is 0 Å². The van der Waals surface area contributed by atoms with Crippen LogP contribution in [0.25, 0.3) is 28.1 Å². The summed E-state index contributed by atoms with van der Waals surface area (Å²) in [5.41, 5.74) is 11.4. The summed E-state index contributed by atoms with van der Waals surface area (Å²) in [6.07, 6.45) is 1.70. The van der Waals surface area contributed by atoms with Gasteiger partial charge in [0.2, 0.25) is 0 Å². The number of nitrogen functional groups attached to an aromatic ring is 1. The number of ether oxygens (including phenoxy) is 1. The van der Waals surface area contributed by atoms with Crippen LogP contribution in [-0.4, -0.2) is 64.8 Å². The Morgan fingerprint density at radius 1 is 0.969 bits per heavy atom. The zero-order valence-corrected chi connectivity index (χ0v) is 18.6. The van der Waals surface area contributed by atoms with Gasteiger partial charge in [-0.25, -0.2) is 15.0 Å². The fraction of sp³-hybridized carbons (Fsp3) is 0.292. The quantitative estimate of drug-likeness (QED) is 0.533. The molecule has 4 heterocycles. The fourth-order valence-corrected chi connectivity index (χ4v) is 4.26. The second-order valence-electron chi connectivity index (χ2n) is 8.15. The number of nitrogens with two attached hydrogens (primary N) is 1. The molecule has 8 nitrogen and oxygen atoms in total. The molecular weight excluding hydrogens is 402 g/mol. The van der Waals surface area contributed by atoms with Crippen LogP contribution in [0.2, 0.25) is 0 Å². The number of fused-ring (bicyclic) bond motifs is 1. The highest BCUT2D eigenvalue weighted by Crippen LogP contribution is 2.33. The molecule has 0 spiro atoms. The van der Waals surface area contributed by atoms with E-state index in [0.717, 1.165) is 71.5 Å². The molecule has 0 amide bonds. The molecule has 2 N–H and O–H groups in total. The van der Waals surface area contributed by atoms with Crippen LogP contribution in [0.15, 0.2) is 48.7 Å². The summed E-state index contributed by atoms with van der Waals surface area (Å²) in [5, 5.41) is 0. The number of methoxy groups -OCH3 is 1. The number of imidazole rings is 1. The van der Waals surface area contributed by atoms with E-state index in [4.69, 9.17) is 20.4 Å². The van der Waals surface area contributed by atoms with E-state index in [2.05, 4.69) is 44.6 Å². The van der Waals surface area contributed by atoms with Gasteiger partial charge in [0.1, 0.15) is 22.9 Å². The topological polar surface area (TPSA) is 85.3 Å². The van der Waals surface area contributed by atoms with Crippen molar-refractivity contribution in [3.63, 3.8) is 0 Å². The van der Waals surface area contributed by atoms with E-state index in [-0.39, 0.29) is 0 Å². The average Bonchev–Trinajstić information content (AvgIpc) is 3.14. The molecule has 3 aromatic heterocycles. The van der Waals surface area contributed by atoms with Crippen LogP contribution in [0.1, 0.15) is 5.82 Å². The lowest BCUT2D eigenvalue weighted by Crippen LogP contribution is -2.44. The number of nitrogens with zero attached hydrogens (tertiary/aromatic N) is 6. The summed E-state index contributed by atoms with van der Waals surface area (Å²) in [6, 6.07) is 14.0. The Kier molecular flexibility index (Phi) is 5.14. The molecule has 1 aromatic carbocycles. The number of benzene rings is 1. The predicted octanol–water partition coefficient (Wildman–Crippen LogP) is 3.13. The lowest BCUT2D eigenvalue weighted by molar-refractivity contribution is 0.311. The van der Waals surface area contributed by atoms with Gasteiger partial charge in [-0.2, -0.15) is 0 Å². The monoisotopic (exact) mass is 429 g/mol. The van der Waals surface area contributed by atoms with Crippen molar-refractivity contribution in [2.75, 3.05) is 51.0 Å². The average molecular weight is 430 g/mol. The van der Waals surface area contributed by atoms with E-state index < -0.39 is 0 Å². The van der Waals surface area contributed by atoms with Crippen LogP contribution in [-0.2, 0) is 0 Å². The van der Waals surface area contributed by atoms with E-state index in [1.54, 1.807) is 13.3 Å². The first-order chi connectivity index (χ1) is 15.5. The summed E-state index contributed by atoms with van der Waals surface area (Å²) < 4.78 is 7.86. The fourth-order valence-electron chi connectivity index (χ4n) is 4.26. The molecule has 0 atom stereocenters. The molecule has 0 bridgehead atoms. The minimum absolute atomic E-state index is 0.471. The van der Waals surface area contributed by atoms with Gasteiger partial charge in [0.25, 0.3) is 0 Å². The van der Waals surface area contributed by atoms with Crippen LogP contribution in [0.5, 0.6) is 5.75 Å². The normalized spacial score (nSPS) is 14.8. The molecular formula is C24H27N7O. The zero-order chi connectivity index (χ0) is 22.2. The minimum Gasteiger partial charge on any atom is -0.495 e. The Morgan fingerprint density at radius 2 is 1.78 bits per heavy atom. The molecule has 1 aliphatic rings. The number of hydrogen-bond acceptors (Lipinski definition) is 7. The largest absolute Gasteiger partial charge is 0.495 e. The first-order valence-corrected chi connectivity index (χ1v) is 10.7. The van der Waals surface area contributed by atoms with Crippen molar-refractivity contribution in [3.05, 3.63) is 54.5 Å². The highest BCUT2D eigenvalue weighted by atomic mass is 16.5. The number of aryl methyl sites for hydroxylation is 1. The van der Waals surface area contributed by atoms with Gasteiger partial charge in [0, 0.05) is 44.0 Å². The van der Waals surface area contributed by atoms with Gasteiger partial charge < -0.3 is 20.3 Å². The van der Waals surface area contributed by atoms with Crippen molar-refractivity contribution >= 4 is 22.7 Å². The van der Waals surface area contributed by atoms with Gasteiger partial charge in [-0.05, 0) is 50.4 Å². The number of likely N-dealkylation sites (N-methyl/N-ethyl adjacent to an activating group) is 1. The molecule has 1 fully saturated rings. The van der Waals surface area contributed by atoms with Crippen molar-refractivity contribution in [3.8, 4) is 22.7 Å². The van der Waals surface area contributed by atoms with Crippen LogP contribution in [0, 0.1) is 6.92 Å². The van der Waals surface area contributed by atoms with Gasteiger partial charge in [-0.15, -0.1) is 0 Å². The summed E-state index contributed by atoms with van der Waals surface area (Å²) in [7, 11) is 3.88. The molecule has 5 rings (SSSR count). The van der Waals surface area contributed by atoms with E-state index in [0.29, 0.717) is 5.82 Å². The molecule has 0 aliphatic carbocycles. The van der Waals surface area contributed by atoms with Crippen LogP contribution in [0.4, 0.5) is 11.5 Å². The van der Waals surface area contributed by atoms with Crippen LogP contribution >= 0.6 is 0 Å². The molecule has 4 aromatic rings. The molecule has 0 saturated carbocycles. The summed E-state index contributed by atoms with van der Waals surface area (Å²) >= 11 is 0. The summed E-state index contributed by atoms with van der Waals surface area (Å²) in [5.74, 6) is 2.19. The smallest absolute Gasteiger partial charge is 0.165 e. The maximum absolute atomic E-state index is 5.87. The Labute approximate surface area is 187 Å². The SMILES string of the molecule is COc1cc(-n2c(C)nc3ccc(-c4ccnc(N)c4)nc32)ccc1N1CCN(C)CC1. The molecule has 0 radical (unpaired) electrons. The molecule has 1 aliphatic heterocycles. The highest BCUT2D eigenvalue weighted by Gasteiger charge is 2.19. The van der Waals surface area contributed by atoms with Crippen molar-refractivity contribution in [2.45, 2.75) is 6.92 Å². The number of aromatic nitrogens is 4. The van der Waals surface area contributed by atoms with E-state index in [9.17, 15) is 0 Å². The lowest BCUT2D eigenvalue weighted by atomic mass is 10.1.